The van der Waals surface area contributed by atoms with Crippen LogP contribution in [0.2, 0.25) is 0 Å². The second kappa shape index (κ2) is 71.5. The van der Waals surface area contributed by atoms with Crippen LogP contribution in [0.5, 0.6) is 0 Å². The first kappa shape index (κ1) is 92.7. The van der Waals surface area contributed by atoms with Crippen LogP contribution in [0.25, 0.3) is 0 Å². The number of unbranched alkanes of at least 4 members (excludes halogenated alkanes) is 25. The van der Waals surface area contributed by atoms with Crippen molar-refractivity contribution in [1.29, 1.82) is 0 Å². The molecule has 97 heavy (non-hydrogen) atoms. The van der Waals surface area contributed by atoms with E-state index in [0.717, 1.165) is 167 Å². The molecule has 0 bridgehead atoms. The summed E-state index contributed by atoms with van der Waals surface area (Å²) in [6, 6.07) is 0. The van der Waals surface area contributed by atoms with Gasteiger partial charge in [0.05, 0.1) is 26.4 Å². The normalized spacial score (nSPS) is 14.8. The number of hydrogen-bond acceptors (Lipinski definition) is 14. The van der Waals surface area contributed by atoms with Crippen molar-refractivity contribution in [1.82, 2.24) is 0 Å². The summed E-state index contributed by atoms with van der Waals surface area (Å²) >= 11 is 0. The maximum Gasteiger partial charge on any atom is 0.472 e. The third-order valence-corrected chi connectivity index (χ3v) is 17.3. The monoisotopic (exact) mass is 1400 g/mol. The zero-order chi connectivity index (χ0) is 70.9. The van der Waals surface area contributed by atoms with E-state index in [2.05, 4.69) is 154 Å². The van der Waals surface area contributed by atoms with Gasteiger partial charge in [0.1, 0.15) is 25.4 Å². The molecule has 556 valence electrons. The maximum absolute atomic E-state index is 12.9. The molecule has 5 unspecified atom stereocenters. The molecule has 0 rings (SSSR count). The summed E-state index contributed by atoms with van der Waals surface area (Å²) in [6.45, 7) is 2.42. The topological polar surface area (TPSA) is 231 Å². The fourth-order valence-corrected chi connectivity index (χ4v) is 11.3. The fourth-order valence-electron chi connectivity index (χ4n) is 9.72. The first-order valence-corrected chi connectivity index (χ1v) is 40.5. The summed E-state index contributed by atoms with van der Waals surface area (Å²) in [5.41, 5.74) is 0. The van der Waals surface area contributed by atoms with E-state index in [0.29, 0.717) is 19.3 Å². The van der Waals surface area contributed by atoms with Gasteiger partial charge in [-0.3, -0.25) is 32.5 Å². The first-order chi connectivity index (χ1) is 47.2. The number of carbonyl (C=O) groups excluding carboxylic acids is 3. The number of hydrogen-bond donors (Lipinski definition) is 4. The Balaban J connectivity index is 4.54. The molecule has 0 aliphatic rings. The van der Waals surface area contributed by atoms with Gasteiger partial charge in [-0.05, 0) is 116 Å². The smallest absolute Gasteiger partial charge is 0.463 e. The molecule has 0 aromatic rings. The van der Waals surface area contributed by atoms with Crippen LogP contribution in [0.4, 0.5) is 0 Å². The SMILES string of the molecule is CC/C=C\C/C=C\C/C=C\C/C=C\C/C=C\C/C=C\CCCCCCCCC(=O)OCC(O)COP(=O)(O)OCC(O)COP(=O)(O)OCC(COC(=O)CCCCCCCCCCC/C=C\C/C=C\C/C=C\C/C=C\C/C=C\CC)OC(=O)CCCCCCCCCCCCC. The minimum atomic E-state index is -4.93. The second-order valence-electron chi connectivity index (χ2n) is 24.7. The van der Waals surface area contributed by atoms with E-state index in [1.807, 2.05) is 0 Å². The van der Waals surface area contributed by atoms with Crippen LogP contribution in [0.1, 0.15) is 290 Å². The number of aliphatic hydroxyl groups is 2. The number of rotatable bonds is 70. The highest BCUT2D eigenvalue weighted by atomic mass is 31.2. The van der Waals surface area contributed by atoms with Crippen molar-refractivity contribution in [3.05, 3.63) is 134 Å². The zero-order valence-corrected chi connectivity index (χ0v) is 62.2. The van der Waals surface area contributed by atoms with E-state index >= 15 is 0 Å². The molecule has 0 fully saturated rings. The Morgan fingerprint density at radius 2 is 0.546 bits per heavy atom. The van der Waals surface area contributed by atoms with Gasteiger partial charge in [0.2, 0.25) is 0 Å². The Morgan fingerprint density at radius 1 is 0.299 bits per heavy atom. The predicted octanol–water partition coefficient (Wildman–Crippen LogP) is 21.5. The van der Waals surface area contributed by atoms with Crippen LogP contribution in [-0.4, -0.2) is 95.9 Å². The van der Waals surface area contributed by atoms with Crippen molar-refractivity contribution in [2.75, 3.05) is 39.6 Å². The minimum absolute atomic E-state index is 0.103. The van der Waals surface area contributed by atoms with Gasteiger partial charge in [0, 0.05) is 19.3 Å². The Labute approximate surface area is 588 Å². The number of allylic oxidation sites excluding steroid dienone is 22. The quantitative estimate of drug-likeness (QED) is 0.0146. The number of aliphatic hydroxyl groups excluding tert-OH is 2. The summed E-state index contributed by atoms with van der Waals surface area (Å²) in [7, 11) is -9.79. The average molecular weight is 1400 g/mol. The molecule has 0 spiro atoms. The third kappa shape index (κ3) is 72.8. The maximum atomic E-state index is 12.9. The van der Waals surface area contributed by atoms with Crippen LogP contribution in [0.15, 0.2) is 134 Å². The lowest BCUT2D eigenvalue weighted by Crippen LogP contribution is -2.30. The van der Waals surface area contributed by atoms with Crippen LogP contribution in [-0.2, 0) is 55.8 Å². The van der Waals surface area contributed by atoms with Crippen molar-refractivity contribution >= 4 is 33.6 Å². The van der Waals surface area contributed by atoms with Gasteiger partial charge in [-0.25, -0.2) is 9.13 Å². The van der Waals surface area contributed by atoms with E-state index in [4.69, 9.17) is 32.3 Å². The number of ether oxygens (including phenoxy) is 3. The average Bonchev–Trinajstić information content (AvgIpc) is 1.85. The second-order valence-corrected chi connectivity index (χ2v) is 27.6. The van der Waals surface area contributed by atoms with Crippen molar-refractivity contribution in [2.24, 2.45) is 0 Å². The molecule has 5 atom stereocenters. The van der Waals surface area contributed by atoms with Gasteiger partial charge < -0.3 is 34.2 Å². The van der Waals surface area contributed by atoms with E-state index in [1.165, 1.54) is 64.2 Å². The van der Waals surface area contributed by atoms with Crippen LogP contribution in [0.3, 0.4) is 0 Å². The van der Waals surface area contributed by atoms with Crippen LogP contribution in [0, 0.1) is 0 Å². The van der Waals surface area contributed by atoms with Gasteiger partial charge in [0.25, 0.3) is 0 Å². The Kier molecular flexibility index (Phi) is 68.3. The molecule has 0 aromatic heterocycles. The van der Waals surface area contributed by atoms with E-state index in [-0.39, 0.29) is 19.3 Å². The summed E-state index contributed by atoms with van der Waals surface area (Å²) in [4.78, 5) is 58.5. The summed E-state index contributed by atoms with van der Waals surface area (Å²) < 4.78 is 61.0. The lowest BCUT2D eigenvalue weighted by Gasteiger charge is -2.21. The lowest BCUT2D eigenvalue weighted by atomic mass is 10.1. The summed E-state index contributed by atoms with van der Waals surface area (Å²) in [5, 5.41) is 20.6. The van der Waals surface area contributed by atoms with Gasteiger partial charge in [-0.1, -0.05) is 289 Å². The molecule has 16 nitrogen and oxygen atoms in total. The van der Waals surface area contributed by atoms with E-state index in [1.54, 1.807) is 0 Å². The molecular weight excluding hydrogens is 1270 g/mol. The van der Waals surface area contributed by atoms with Crippen molar-refractivity contribution in [3.8, 4) is 0 Å². The number of carbonyl (C=O) groups is 3. The summed E-state index contributed by atoms with van der Waals surface area (Å²) in [6.07, 6.45) is 85.0. The van der Waals surface area contributed by atoms with E-state index in [9.17, 15) is 43.5 Å². The molecular formula is C79H134O16P2. The van der Waals surface area contributed by atoms with Gasteiger partial charge in [-0.15, -0.1) is 0 Å². The van der Waals surface area contributed by atoms with Crippen molar-refractivity contribution < 1.29 is 75.8 Å². The zero-order valence-electron chi connectivity index (χ0n) is 60.5. The third-order valence-electron chi connectivity index (χ3n) is 15.4. The molecule has 18 heteroatoms. The molecule has 0 saturated carbocycles. The molecule has 4 N–H and O–H groups in total. The molecule has 0 radical (unpaired) electrons. The van der Waals surface area contributed by atoms with Crippen LogP contribution < -0.4 is 0 Å². The standard InChI is InChI=1S/C79H134O16P2/c1-4-7-10-13-16-19-22-24-26-28-30-32-34-36-38-40-42-44-46-48-51-53-56-59-62-65-77(82)89-68-74(80)69-91-96(85,86)92-70-75(81)71-93-97(87,88)94-73-76(95-79(84)67-64-61-58-55-50-21-18-15-12-9-6-3)72-90-78(83)66-63-60-57-54-52-49-47-45-43-41-39-37-35-33-31-29-27-25-23-20-17-14-11-8-5-2/h7-8,10-11,16-17,19-20,24-27,30-33,36-39,42,44,74-76,80-81H,4-6,9,12-15,18,21-23,28-29,34-35,40-41,43,45-73H2,1-3H3,(H,85,86)(H,87,88)/b10-7-,11-8-,19-16-,20-17-,26-24-,27-25-,32-30-,33-31-,38-36-,39-37-,44-42-. The van der Waals surface area contributed by atoms with Gasteiger partial charge in [0.15, 0.2) is 6.10 Å². The Bertz CT molecular complexity index is 2300. The molecule has 0 aromatic carbocycles. The Morgan fingerprint density at radius 3 is 0.866 bits per heavy atom. The van der Waals surface area contributed by atoms with E-state index < -0.39 is 91.5 Å². The van der Waals surface area contributed by atoms with Gasteiger partial charge >= 0.3 is 33.6 Å². The molecule has 0 aliphatic heterocycles. The molecule has 0 heterocycles. The minimum Gasteiger partial charge on any atom is -0.463 e. The van der Waals surface area contributed by atoms with Gasteiger partial charge in [-0.2, -0.15) is 0 Å². The molecule has 0 aliphatic carbocycles. The largest absolute Gasteiger partial charge is 0.472 e. The summed E-state index contributed by atoms with van der Waals surface area (Å²) in [5.74, 6) is -1.59. The highest BCUT2D eigenvalue weighted by molar-refractivity contribution is 7.47. The van der Waals surface area contributed by atoms with Crippen molar-refractivity contribution in [3.63, 3.8) is 0 Å². The number of phosphoric ester groups is 2. The number of phosphoric acid groups is 2. The van der Waals surface area contributed by atoms with Crippen LogP contribution >= 0.6 is 15.6 Å². The lowest BCUT2D eigenvalue weighted by molar-refractivity contribution is -0.161. The fraction of sp³-hybridized carbons (Fsp3) is 0.684. The highest BCUT2D eigenvalue weighted by Gasteiger charge is 2.29. The predicted molar refractivity (Wildman–Crippen MR) is 399 cm³/mol. The Hall–Kier alpha value is -4.31. The number of esters is 3. The highest BCUT2D eigenvalue weighted by Crippen LogP contribution is 2.45. The molecule has 0 saturated heterocycles. The van der Waals surface area contributed by atoms with Crippen molar-refractivity contribution in [2.45, 2.75) is 309 Å². The molecule has 0 amide bonds. The first-order valence-electron chi connectivity index (χ1n) is 37.5.